The van der Waals surface area contributed by atoms with Crippen molar-refractivity contribution in [1.29, 1.82) is 0 Å². The highest BCUT2D eigenvalue weighted by Gasteiger charge is 2.00. The summed E-state index contributed by atoms with van der Waals surface area (Å²) in [5.74, 6) is 0. The Bertz CT molecular complexity index is 201. The summed E-state index contributed by atoms with van der Waals surface area (Å²) in [6, 6.07) is 0. The van der Waals surface area contributed by atoms with Gasteiger partial charge in [-0.2, -0.15) is 0 Å². The largest absolute Gasteiger partial charge is 0.363 e. The second-order valence-corrected chi connectivity index (χ2v) is 3.81. The van der Waals surface area contributed by atoms with Crippen LogP contribution in [0.15, 0.2) is 23.5 Å². The fourth-order valence-corrected chi connectivity index (χ4v) is 1.65. The molecule has 0 aliphatic carbocycles. The Balaban J connectivity index is 4.24. The van der Waals surface area contributed by atoms with Crippen molar-refractivity contribution in [3.8, 4) is 0 Å². The predicted molar refractivity (Wildman–Crippen MR) is 65.1 cm³/mol. The molecule has 0 radical (unpaired) electrons. The Morgan fingerprint density at radius 1 is 1.07 bits per heavy atom. The quantitative estimate of drug-likeness (QED) is 0.636. The van der Waals surface area contributed by atoms with Crippen molar-refractivity contribution in [2.75, 3.05) is 0 Å². The van der Waals surface area contributed by atoms with E-state index in [0.717, 1.165) is 25.0 Å². The number of rotatable bonds is 7. The zero-order valence-electron chi connectivity index (χ0n) is 10.2. The molecule has 0 atom stereocenters. The lowest BCUT2D eigenvalue weighted by atomic mass is 10.1. The number of nitrogens with one attached hydrogen (secondary N) is 1. The Hall–Kier alpha value is -0.720. The summed E-state index contributed by atoms with van der Waals surface area (Å²) in [4.78, 5) is 0. The Labute approximate surface area is 89.3 Å². The van der Waals surface area contributed by atoms with E-state index in [1.807, 2.05) is 0 Å². The van der Waals surface area contributed by atoms with Gasteiger partial charge in [0.2, 0.25) is 0 Å². The molecule has 1 nitrogen and oxygen atoms in total. The fourth-order valence-electron chi connectivity index (χ4n) is 1.65. The second-order valence-electron chi connectivity index (χ2n) is 3.81. The maximum atomic E-state index is 4.02. The summed E-state index contributed by atoms with van der Waals surface area (Å²) in [5, 5.41) is 3.40. The zero-order valence-corrected chi connectivity index (χ0v) is 10.2. The van der Waals surface area contributed by atoms with Crippen molar-refractivity contribution in [3.05, 3.63) is 23.5 Å². The number of hydrogen-bond acceptors (Lipinski definition) is 1. The van der Waals surface area contributed by atoms with Crippen LogP contribution in [0.25, 0.3) is 0 Å². The van der Waals surface area contributed by atoms with Crippen molar-refractivity contribution in [2.45, 2.75) is 59.8 Å². The molecule has 0 aromatic carbocycles. The molecule has 0 aromatic rings. The van der Waals surface area contributed by atoms with E-state index in [0.29, 0.717) is 0 Å². The van der Waals surface area contributed by atoms with Crippen LogP contribution < -0.4 is 5.32 Å². The van der Waals surface area contributed by atoms with Crippen LogP contribution in [-0.2, 0) is 0 Å². The van der Waals surface area contributed by atoms with E-state index in [1.54, 1.807) is 0 Å². The van der Waals surface area contributed by atoms with Gasteiger partial charge in [-0.15, -0.1) is 0 Å². The van der Waals surface area contributed by atoms with Crippen LogP contribution in [0.4, 0.5) is 0 Å². The van der Waals surface area contributed by atoms with E-state index in [9.17, 15) is 0 Å². The monoisotopic (exact) mass is 195 g/mol. The molecule has 14 heavy (non-hydrogen) atoms. The first-order valence-electron chi connectivity index (χ1n) is 5.79. The van der Waals surface area contributed by atoms with Gasteiger partial charge in [-0.1, -0.05) is 45.8 Å². The van der Waals surface area contributed by atoms with Gasteiger partial charge in [-0.05, 0) is 26.2 Å². The van der Waals surface area contributed by atoms with Crippen LogP contribution in [-0.4, -0.2) is 0 Å². The van der Waals surface area contributed by atoms with Gasteiger partial charge in [-0.25, -0.2) is 0 Å². The lowest BCUT2D eigenvalue weighted by Crippen LogP contribution is -2.11. The van der Waals surface area contributed by atoms with Crippen LogP contribution in [0.3, 0.4) is 0 Å². The maximum absolute atomic E-state index is 4.02. The topological polar surface area (TPSA) is 12.0 Å². The molecule has 82 valence electrons. The first kappa shape index (κ1) is 13.3. The Morgan fingerprint density at radius 3 is 2.07 bits per heavy atom. The Morgan fingerprint density at radius 2 is 1.64 bits per heavy atom. The molecule has 0 amide bonds. The van der Waals surface area contributed by atoms with Crippen molar-refractivity contribution < 1.29 is 0 Å². The molecule has 0 fully saturated rings. The van der Waals surface area contributed by atoms with Crippen molar-refractivity contribution in [2.24, 2.45) is 0 Å². The van der Waals surface area contributed by atoms with Crippen molar-refractivity contribution >= 4 is 0 Å². The Kier molecular flexibility index (Phi) is 7.27. The summed E-state index contributed by atoms with van der Waals surface area (Å²) in [6.07, 6.45) is 5.80. The first-order chi connectivity index (χ1) is 6.65. The average Bonchev–Trinajstić information content (AvgIpc) is 2.14. The minimum Gasteiger partial charge on any atom is -0.363 e. The van der Waals surface area contributed by atoms with Gasteiger partial charge in [0.25, 0.3) is 0 Å². The predicted octanol–water partition coefficient (Wildman–Crippen LogP) is 4.37. The van der Waals surface area contributed by atoms with Crippen LogP contribution in [0, 0.1) is 0 Å². The molecule has 0 aliphatic heterocycles. The molecule has 0 bridgehead atoms. The molecule has 0 heterocycles. The van der Waals surface area contributed by atoms with Gasteiger partial charge < -0.3 is 5.32 Å². The third-order valence-corrected chi connectivity index (χ3v) is 2.42. The van der Waals surface area contributed by atoms with Gasteiger partial charge in [0.1, 0.15) is 0 Å². The molecule has 0 aliphatic rings. The third kappa shape index (κ3) is 5.11. The van der Waals surface area contributed by atoms with E-state index in [1.165, 1.54) is 24.1 Å². The fraction of sp³-hybridized carbons (Fsp3) is 0.692. The van der Waals surface area contributed by atoms with Gasteiger partial charge >= 0.3 is 0 Å². The average molecular weight is 195 g/mol. The van der Waals surface area contributed by atoms with E-state index in [4.69, 9.17) is 0 Å². The molecular formula is C13H25N. The molecule has 0 unspecified atom stereocenters. The van der Waals surface area contributed by atoms with Crippen molar-refractivity contribution in [1.82, 2.24) is 5.32 Å². The second kappa shape index (κ2) is 7.66. The van der Waals surface area contributed by atoms with Gasteiger partial charge in [0, 0.05) is 11.4 Å². The van der Waals surface area contributed by atoms with Gasteiger partial charge in [0.15, 0.2) is 0 Å². The minimum atomic E-state index is 1.07. The van der Waals surface area contributed by atoms with E-state index < -0.39 is 0 Å². The molecular weight excluding hydrogens is 170 g/mol. The maximum Gasteiger partial charge on any atom is 0.0108 e. The lowest BCUT2D eigenvalue weighted by Gasteiger charge is -2.13. The highest BCUT2D eigenvalue weighted by molar-refractivity contribution is 5.14. The normalized spacial score (nSPS) is 12.3. The van der Waals surface area contributed by atoms with E-state index in [-0.39, 0.29) is 0 Å². The van der Waals surface area contributed by atoms with E-state index >= 15 is 0 Å². The highest BCUT2D eigenvalue weighted by Crippen LogP contribution is 2.14. The standard InChI is InChI=1S/C13H25N/c1-6-9-11(4)14-12(5)13(8-3)10-7-2/h14H,4,6-10H2,1-3,5H3/b13-12-. The summed E-state index contributed by atoms with van der Waals surface area (Å²) >= 11 is 0. The van der Waals surface area contributed by atoms with Crippen molar-refractivity contribution in [3.63, 3.8) is 0 Å². The first-order valence-corrected chi connectivity index (χ1v) is 5.79. The summed E-state index contributed by atoms with van der Waals surface area (Å²) in [5.41, 5.74) is 3.99. The smallest absolute Gasteiger partial charge is 0.0108 e. The SMILES string of the molecule is C=C(CCC)N/C(C)=C(/CC)CCC. The minimum absolute atomic E-state index is 1.07. The molecule has 0 rings (SSSR count). The molecule has 0 saturated carbocycles. The van der Waals surface area contributed by atoms with Crippen LogP contribution in [0.1, 0.15) is 59.8 Å². The molecule has 0 aromatic heterocycles. The molecule has 1 heteroatoms. The van der Waals surface area contributed by atoms with Crippen LogP contribution in [0.5, 0.6) is 0 Å². The number of hydrogen-bond donors (Lipinski definition) is 1. The lowest BCUT2D eigenvalue weighted by molar-refractivity contribution is 0.774. The third-order valence-electron chi connectivity index (χ3n) is 2.42. The van der Waals surface area contributed by atoms with Gasteiger partial charge in [-0.3, -0.25) is 0 Å². The number of allylic oxidation sites excluding steroid dienone is 3. The molecule has 1 N–H and O–H groups in total. The zero-order chi connectivity index (χ0) is 11.0. The summed E-state index contributed by atoms with van der Waals surface area (Å²) in [6.45, 7) is 12.8. The van der Waals surface area contributed by atoms with Crippen LogP contribution in [0.2, 0.25) is 0 Å². The summed E-state index contributed by atoms with van der Waals surface area (Å²) < 4.78 is 0. The van der Waals surface area contributed by atoms with Gasteiger partial charge in [0.05, 0.1) is 0 Å². The highest BCUT2D eigenvalue weighted by atomic mass is 14.9. The molecule has 0 saturated heterocycles. The van der Waals surface area contributed by atoms with E-state index in [2.05, 4.69) is 39.6 Å². The summed E-state index contributed by atoms with van der Waals surface area (Å²) in [7, 11) is 0. The van der Waals surface area contributed by atoms with Crippen LogP contribution >= 0.6 is 0 Å². The molecule has 0 spiro atoms.